The monoisotopic (exact) mass is 408 g/mol. The molecule has 8 heteroatoms. The molecular weight excluding hydrogens is 395 g/mol. The Kier molecular flexibility index (Phi) is 6.64. The highest BCUT2D eigenvalue weighted by Gasteiger charge is 2.13. The zero-order valence-electron chi connectivity index (χ0n) is 12.9. The maximum absolute atomic E-state index is 13.4. The number of para-hydroxylation sites is 1. The number of halogens is 2. The molecule has 2 aromatic carbocycles. The van der Waals surface area contributed by atoms with E-state index >= 15 is 0 Å². The quantitative estimate of drug-likeness (QED) is 0.719. The Morgan fingerprint density at radius 3 is 2.44 bits per heavy atom. The van der Waals surface area contributed by atoms with Gasteiger partial charge in [0.2, 0.25) is 0 Å². The first-order valence-electron chi connectivity index (χ1n) is 7.20. The van der Waals surface area contributed by atoms with Crippen molar-refractivity contribution >= 4 is 39.4 Å². The Morgan fingerprint density at radius 2 is 1.72 bits per heavy atom. The molecule has 0 unspecified atom stereocenters. The van der Waals surface area contributed by atoms with Crippen LogP contribution in [0, 0.1) is 5.82 Å². The smallest absolute Gasteiger partial charge is 0.325 e. The van der Waals surface area contributed by atoms with Crippen LogP contribution in [0.15, 0.2) is 53.0 Å². The van der Waals surface area contributed by atoms with Crippen LogP contribution < -0.4 is 10.6 Å². The molecule has 0 aliphatic heterocycles. The van der Waals surface area contributed by atoms with E-state index in [0.717, 1.165) is 0 Å². The molecule has 2 N–H and O–H groups in total. The number of carbonyl (C=O) groups excluding carboxylic acids is 3. The normalized spacial score (nSPS) is 10.0. The molecule has 130 valence electrons. The zero-order valence-corrected chi connectivity index (χ0v) is 14.5. The number of rotatable bonds is 6. The Balaban J connectivity index is 1.75. The van der Waals surface area contributed by atoms with E-state index in [1.54, 1.807) is 30.3 Å². The molecule has 25 heavy (non-hydrogen) atoms. The standard InChI is InChI=1S/C17H14BrFN2O4/c18-12-6-2-1-5-11(12)17(24)20-9-16(23)25-10-15(22)21-14-8-4-3-7-13(14)19/h1-8H,9-10H2,(H,20,24)(H,21,22). The molecule has 0 atom stereocenters. The molecule has 6 nitrogen and oxygen atoms in total. The van der Waals surface area contributed by atoms with Gasteiger partial charge in [-0.1, -0.05) is 24.3 Å². The van der Waals surface area contributed by atoms with Gasteiger partial charge >= 0.3 is 5.97 Å². The summed E-state index contributed by atoms with van der Waals surface area (Å²) in [5.74, 6) is -2.53. The van der Waals surface area contributed by atoms with Crippen LogP contribution in [0.25, 0.3) is 0 Å². The van der Waals surface area contributed by atoms with Crippen LogP contribution >= 0.6 is 15.9 Å². The van der Waals surface area contributed by atoms with Crippen molar-refractivity contribution in [2.75, 3.05) is 18.5 Å². The Hall–Kier alpha value is -2.74. The van der Waals surface area contributed by atoms with Crippen LogP contribution in [0.5, 0.6) is 0 Å². The van der Waals surface area contributed by atoms with Gasteiger partial charge in [-0.3, -0.25) is 14.4 Å². The van der Waals surface area contributed by atoms with Crippen LogP contribution in [0.4, 0.5) is 10.1 Å². The average molecular weight is 409 g/mol. The molecule has 0 saturated carbocycles. The third kappa shape index (κ3) is 5.68. The van der Waals surface area contributed by atoms with Gasteiger partial charge in [0.05, 0.1) is 11.3 Å². The number of esters is 1. The van der Waals surface area contributed by atoms with Crippen molar-refractivity contribution in [1.82, 2.24) is 5.32 Å². The lowest BCUT2D eigenvalue weighted by atomic mass is 10.2. The Labute approximate surface area is 151 Å². The molecule has 2 aromatic rings. The predicted octanol–water partition coefficient (Wildman–Crippen LogP) is 2.50. The summed E-state index contributed by atoms with van der Waals surface area (Å²) >= 11 is 3.23. The minimum absolute atomic E-state index is 0.00854. The third-order valence-corrected chi connectivity index (χ3v) is 3.72. The molecule has 2 amide bonds. The lowest BCUT2D eigenvalue weighted by Crippen LogP contribution is -2.32. The summed E-state index contributed by atoms with van der Waals surface area (Å²) < 4.78 is 18.7. The lowest BCUT2D eigenvalue weighted by Gasteiger charge is -2.08. The minimum Gasteiger partial charge on any atom is -0.454 e. The molecule has 0 radical (unpaired) electrons. The van der Waals surface area contributed by atoms with E-state index in [0.29, 0.717) is 10.0 Å². The molecule has 0 aromatic heterocycles. The maximum atomic E-state index is 13.4. The highest BCUT2D eigenvalue weighted by atomic mass is 79.9. The molecule has 0 saturated heterocycles. The van der Waals surface area contributed by atoms with E-state index in [9.17, 15) is 18.8 Å². The van der Waals surface area contributed by atoms with Crippen molar-refractivity contribution in [1.29, 1.82) is 0 Å². The fraction of sp³-hybridized carbons (Fsp3) is 0.118. The number of benzene rings is 2. The van der Waals surface area contributed by atoms with Gasteiger partial charge in [0.25, 0.3) is 11.8 Å². The summed E-state index contributed by atoms with van der Waals surface area (Å²) in [6, 6.07) is 12.3. The van der Waals surface area contributed by atoms with E-state index < -0.39 is 36.8 Å². The van der Waals surface area contributed by atoms with Crippen molar-refractivity contribution in [3.63, 3.8) is 0 Å². The summed E-state index contributed by atoms with van der Waals surface area (Å²) in [5.41, 5.74) is 0.360. The van der Waals surface area contributed by atoms with Crippen molar-refractivity contribution in [2.24, 2.45) is 0 Å². The second kappa shape index (κ2) is 8.93. The number of carbonyl (C=O) groups is 3. The molecule has 0 bridgehead atoms. The number of nitrogens with one attached hydrogen (secondary N) is 2. The summed E-state index contributed by atoms with van der Waals surface area (Å²) in [4.78, 5) is 35.1. The topological polar surface area (TPSA) is 84.5 Å². The van der Waals surface area contributed by atoms with Crippen LogP contribution in [0.1, 0.15) is 10.4 Å². The molecule has 0 aliphatic rings. The van der Waals surface area contributed by atoms with Gasteiger partial charge in [0.15, 0.2) is 6.61 Å². The summed E-state index contributed by atoms with van der Waals surface area (Å²) in [5, 5.41) is 4.67. The first-order chi connectivity index (χ1) is 12.0. The number of hydrogen-bond donors (Lipinski definition) is 2. The van der Waals surface area contributed by atoms with Crippen molar-refractivity contribution < 1.29 is 23.5 Å². The van der Waals surface area contributed by atoms with Crippen molar-refractivity contribution in [3.05, 3.63) is 64.4 Å². The highest BCUT2D eigenvalue weighted by Crippen LogP contribution is 2.15. The zero-order chi connectivity index (χ0) is 18.2. The van der Waals surface area contributed by atoms with Crippen LogP contribution in [-0.2, 0) is 14.3 Å². The van der Waals surface area contributed by atoms with Crippen molar-refractivity contribution in [2.45, 2.75) is 0 Å². The number of hydrogen-bond acceptors (Lipinski definition) is 4. The van der Waals surface area contributed by atoms with Gasteiger partial charge in [0.1, 0.15) is 12.4 Å². The Bertz CT molecular complexity index is 798. The number of ether oxygens (including phenoxy) is 1. The summed E-state index contributed by atoms with van der Waals surface area (Å²) in [6.07, 6.45) is 0. The minimum atomic E-state index is -0.788. The summed E-state index contributed by atoms with van der Waals surface area (Å²) in [7, 11) is 0. The first-order valence-corrected chi connectivity index (χ1v) is 7.99. The second-order valence-corrected chi connectivity index (χ2v) is 5.71. The van der Waals surface area contributed by atoms with Crippen LogP contribution in [0.3, 0.4) is 0 Å². The maximum Gasteiger partial charge on any atom is 0.325 e. The molecule has 0 fully saturated rings. The van der Waals surface area contributed by atoms with Gasteiger partial charge in [-0.25, -0.2) is 4.39 Å². The van der Waals surface area contributed by atoms with Crippen molar-refractivity contribution in [3.8, 4) is 0 Å². The molecular formula is C17H14BrFN2O4. The largest absolute Gasteiger partial charge is 0.454 e. The van der Waals surface area contributed by atoms with E-state index in [4.69, 9.17) is 4.74 Å². The number of amides is 2. The van der Waals surface area contributed by atoms with Gasteiger partial charge in [-0.05, 0) is 40.2 Å². The molecule has 0 heterocycles. The van der Waals surface area contributed by atoms with Crippen LogP contribution in [0.2, 0.25) is 0 Å². The first kappa shape index (κ1) is 18.6. The highest BCUT2D eigenvalue weighted by molar-refractivity contribution is 9.10. The molecule has 0 aliphatic carbocycles. The Morgan fingerprint density at radius 1 is 1.04 bits per heavy atom. The summed E-state index contributed by atoms with van der Waals surface area (Å²) in [6.45, 7) is -0.981. The van der Waals surface area contributed by atoms with Crippen LogP contribution in [-0.4, -0.2) is 30.9 Å². The van der Waals surface area contributed by atoms with E-state index in [1.807, 2.05) is 0 Å². The fourth-order valence-corrected chi connectivity index (χ4v) is 2.30. The van der Waals surface area contributed by atoms with Gasteiger partial charge in [-0.15, -0.1) is 0 Å². The van der Waals surface area contributed by atoms with E-state index in [2.05, 4.69) is 26.6 Å². The van der Waals surface area contributed by atoms with E-state index in [-0.39, 0.29) is 5.69 Å². The van der Waals surface area contributed by atoms with Gasteiger partial charge in [0, 0.05) is 4.47 Å². The fourth-order valence-electron chi connectivity index (χ4n) is 1.84. The molecule has 0 spiro atoms. The van der Waals surface area contributed by atoms with Gasteiger partial charge < -0.3 is 15.4 Å². The van der Waals surface area contributed by atoms with E-state index in [1.165, 1.54) is 18.2 Å². The molecule has 2 rings (SSSR count). The predicted molar refractivity (Wildman–Crippen MR) is 92.5 cm³/mol. The number of anilines is 1. The van der Waals surface area contributed by atoms with Gasteiger partial charge in [-0.2, -0.15) is 0 Å². The third-order valence-electron chi connectivity index (χ3n) is 3.02. The average Bonchev–Trinajstić information content (AvgIpc) is 2.60. The SMILES string of the molecule is O=C(COC(=O)CNC(=O)c1ccccc1Br)Nc1ccccc1F. The second-order valence-electron chi connectivity index (χ2n) is 4.85. The lowest BCUT2D eigenvalue weighted by molar-refractivity contribution is -0.146.